The van der Waals surface area contributed by atoms with Crippen molar-refractivity contribution in [3.63, 3.8) is 0 Å². The van der Waals surface area contributed by atoms with Gasteiger partial charge in [0.05, 0.1) is 5.52 Å². The average molecular weight is 292 g/mol. The number of para-hydroxylation sites is 1. The molecule has 0 amide bonds. The summed E-state index contributed by atoms with van der Waals surface area (Å²) in [5.41, 5.74) is 1.05. The molecule has 0 aliphatic carbocycles. The van der Waals surface area contributed by atoms with Crippen molar-refractivity contribution in [3.05, 3.63) is 29.8 Å². The molecule has 2 unspecified atom stereocenters. The van der Waals surface area contributed by atoms with E-state index in [-0.39, 0.29) is 11.9 Å². The van der Waals surface area contributed by atoms with Crippen LogP contribution in [0.15, 0.2) is 18.2 Å². The summed E-state index contributed by atoms with van der Waals surface area (Å²) in [5, 5.41) is 9.02. The van der Waals surface area contributed by atoms with Gasteiger partial charge < -0.3 is 14.4 Å². The van der Waals surface area contributed by atoms with E-state index in [0.29, 0.717) is 30.7 Å². The Morgan fingerprint density at radius 3 is 3.00 bits per heavy atom. The number of hydrogen-bond donors (Lipinski definition) is 1. The molecule has 2 aromatic rings. The predicted octanol–water partition coefficient (Wildman–Crippen LogP) is 2.89. The molecule has 3 rings (SSSR count). The largest absolute Gasteiger partial charge is 0.479 e. The van der Waals surface area contributed by atoms with Crippen LogP contribution in [0.4, 0.5) is 4.39 Å². The predicted molar refractivity (Wildman–Crippen MR) is 74.5 cm³/mol. The van der Waals surface area contributed by atoms with Crippen molar-refractivity contribution in [3.8, 4) is 0 Å². The Morgan fingerprint density at radius 2 is 2.33 bits per heavy atom. The van der Waals surface area contributed by atoms with Gasteiger partial charge in [-0.3, -0.25) is 0 Å². The van der Waals surface area contributed by atoms with Gasteiger partial charge in [0.15, 0.2) is 11.9 Å². The fourth-order valence-corrected chi connectivity index (χ4v) is 2.84. The minimum atomic E-state index is -0.957. The number of rotatable bonds is 4. The van der Waals surface area contributed by atoms with Gasteiger partial charge >= 0.3 is 5.97 Å². The zero-order valence-electron chi connectivity index (χ0n) is 11.8. The van der Waals surface area contributed by atoms with E-state index in [9.17, 15) is 9.18 Å². The number of benzene rings is 1. The molecule has 1 aliphatic rings. The number of fused-ring (bicyclic) bond motifs is 1. The van der Waals surface area contributed by atoms with Gasteiger partial charge in [0.1, 0.15) is 17.4 Å². The lowest BCUT2D eigenvalue weighted by atomic mass is 10.2. The van der Waals surface area contributed by atoms with Crippen molar-refractivity contribution in [2.24, 2.45) is 0 Å². The van der Waals surface area contributed by atoms with E-state index in [1.807, 2.05) is 17.6 Å². The maximum atomic E-state index is 13.9. The topological polar surface area (TPSA) is 64.4 Å². The Labute approximate surface area is 121 Å². The van der Waals surface area contributed by atoms with Gasteiger partial charge in [0.2, 0.25) is 0 Å². The van der Waals surface area contributed by atoms with Crippen LogP contribution in [-0.4, -0.2) is 26.7 Å². The third kappa shape index (κ3) is 2.40. The van der Waals surface area contributed by atoms with Crippen molar-refractivity contribution in [1.82, 2.24) is 9.55 Å². The molecule has 0 spiro atoms. The second-order valence-electron chi connectivity index (χ2n) is 5.26. The van der Waals surface area contributed by atoms with E-state index >= 15 is 0 Å². The molecule has 1 aliphatic heterocycles. The number of carboxylic acid groups (broad SMARTS) is 1. The third-order valence-electron chi connectivity index (χ3n) is 3.79. The van der Waals surface area contributed by atoms with Crippen molar-refractivity contribution < 1.29 is 19.0 Å². The number of aryl methyl sites for hydroxylation is 1. The molecule has 5 nitrogen and oxygen atoms in total. The van der Waals surface area contributed by atoms with Crippen LogP contribution in [0.25, 0.3) is 11.0 Å². The Morgan fingerprint density at radius 1 is 1.52 bits per heavy atom. The SMILES string of the molecule is CCCn1c(C2CCC(C(=O)O)O2)nc2c(F)cccc21. The van der Waals surface area contributed by atoms with Crippen LogP contribution in [0, 0.1) is 5.82 Å². The summed E-state index contributed by atoms with van der Waals surface area (Å²) < 4.78 is 21.4. The van der Waals surface area contributed by atoms with Crippen molar-refractivity contribution >= 4 is 17.0 Å². The monoisotopic (exact) mass is 292 g/mol. The molecule has 0 bridgehead atoms. The second-order valence-corrected chi connectivity index (χ2v) is 5.26. The van der Waals surface area contributed by atoms with E-state index in [1.54, 1.807) is 6.07 Å². The van der Waals surface area contributed by atoms with E-state index in [4.69, 9.17) is 9.84 Å². The van der Waals surface area contributed by atoms with Crippen LogP contribution in [0.3, 0.4) is 0 Å². The summed E-state index contributed by atoms with van der Waals surface area (Å²) in [7, 11) is 0. The number of nitrogens with zero attached hydrogens (tertiary/aromatic N) is 2. The average Bonchev–Trinajstić information content (AvgIpc) is 3.05. The highest BCUT2D eigenvalue weighted by molar-refractivity contribution is 5.77. The number of aliphatic carboxylic acids is 1. The summed E-state index contributed by atoms with van der Waals surface area (Å²) in [6.07, 6.45) is 0.743. The lowest BCUT2D eigenvalue weighted by molar-refractivity contribution is -0.149. The normalized spacial score (nSPS) is 22.0. The maximum Gasteiger partial charge on any atom is 0.332 e. The first kappa shape index (κ1) is 14.0. The molecule has 1 saturated heterocycles. The molecular weight excluding hydrogens is 275 g/mol. The summed E-state index contributed by atoms with van der Waals surface area (Å²) in [5.74, 6) is -0.695. The number of hydrogen-bond acceptors (Lipinski definition) is 3. The highest BCUT2D eigenvalue weighted by Crippen LogP contribution is 2.34. The molecule has 0 radical (unpaired) electrons. The van der Waals surface area contributed by atoms with Gasteiger partial charge in [-0.2, -0.15) is 0 Å². The van der Waals surface area contributed by atoms with Gasteiger partial charge in [-0.25, -0.2) is 14.2 Å². The van der Waals surface area contributed by atoms with Crippen LogP contribution in [0.2, 0.25) is 0 Å². The van der Waals surface area contributed by atoms with Crippen molar-refractivity contribution in [1.29, 1.82) is 0 Å². The Balaban J connectivity index is 2.03. The number of halogens is 1. The third-order valence-corrected chi connectivity index (χ3v) is 3.79. The summed E-state index contributed by atoms with van der Waals surface area (Å²) in [4.78, 5) is 15.4. The molecule has 1 aromatic carbocycles. The fourth-order valence-electron chi connectivity index (χ4n) is 2.84. The first-order valence-corrected chi connectivity index (χ1v) is 7.14. The molecule has 0 saturated carbocycles. The Kier molecular flexibility index (Phi) is 3.63. The summed E-state index contributed by atoms with van der Waals surface area (Å²) in [6, 6.07) is 4.87. The van der Waals surface area contributed by atoms with Crippen LogP contribution in [-0.2, 0) is 16.1 Å². The maximum absolute atomic E-state index is 13.9. The highest BCUT2D eigenvalue weighted by Gasteiger charge is 2.34. The zero-order chi connectivity index (χ0) is 15.0. The number of carboxylic acids is 1. The van der Waals surface area contributed by atoms with Crippen LogP contribution in [0.1, 0.15) is 38.1 Å². The fraction of sp³-hybridized carbons (Fsp3) is 0.467. The van der Waals surface area contributed by atoms with Gasteiger partial charge in [-0.1, -0.05) is 13.0 Å². The van der Waals surface area contributed by atoms with Crippen LogP contribution in [0.5, 0.6) is 0 Å². The first-order chi connectivity index (χ1) is 10.1. The van der Waals surface area contributed by atoms with E-state index in [0.717, 1.165) is 11.9 Å². The Bertz CT molecular complexity index is 683. The summed E-state index contributed by atoms with van der Waals surface area (Å²) in [6.45, 7) is 2.73. The van der Waals surface area contributed by atoms with E-state index in [1.165, 1.54) is 6.07 Å². The second kappa shape index (κ2) is 5.44. The first-order valence-electron chi connectivity index (χ1n) is 7.14. The van der Waals surface area contributed by atoms with E-state index in [2.05, 4.69) is 4.98 Å². The van der Waals surface area contributed by atoms with Crippen LogP contribution >= 0.6 is 0 Å². The van der Waals surface area contributed by atoms with Gasteiger partial charge in [-0.15, -0.1) is 0 Å². The number of ether oxygens (including phenoxy) is 1. The highest BCUT2D eigenvalue weighted by atomic mass is 19.1. The number of imidazole rings is 1. The van der Waals surface area contributed by atoms with Gasteiger partial charge in [0.25, 0.3) is 0 Å². The molecule has 2 heterocycles. The molecule has 2 atom stereocenters. The molecule has 112 valence electrons. The lowest BCUT2D eigenvalue weighted by Gasteiger charge is -2.13. The van der Waals surface area contributed by atoms with Crippen molar-refractivity contribution in [2.45, 2.75) is 44.9 Å². The molecule has 6 heteroatoms. The van der Waals surface area contributed by atoms with Gasteiger partial charge in [-0.05, 0) is 31.4 Å². The zero-order valence-corrected chi connectivity index (χ0v) is 11.8. The molecule has 1 aromatic heterocycles. The van der Waals surface area contributed by atoms with E-state index < -0.39 is 12.1 Å². The minimum absolute atomic E-state index is 0.323. The quantitative estimate of drug-likeness (QED) is 0.941. The standard InChI is InChI=1S/C15H17FN2O3/c1-2-8-18-10-5-3-4-9(16)13(10)17-14(18)11-6-7-12(21-11)15(19)20/h3-5,11-12H,2,6-8H2,1H3,(H,19,20). The Hall–Kier alpha value is -1.95. The summed E-state index contributed by atoms with van der Waals surface area (Å²) >= 11 is 0. The number of carbonyl (C=O) groups is 1. The molecule has 1 fully saturated rings. The molecule has 21 heavy (non-hydrogen) atoms. The number of aromatic nitrogens is 2. The lowest BCUT2D eigenvalue weighted by Crippen LogP contribution is -2.19. The smallest absolute Gasteiger partial charge is 0.332 e. The van der Waals surface area contributed by atoms with Gasteiger partial charge in [0, 0.05) is 6.54 Å². The molecule has 1 N–H and O–H groups in total. The van der Waals surface area contributed by atoms with Crippen LogP contribution < -0.4 is 0 Å². The minimum Gasteiger partial charge on any atom is -0.479 e. The molecular formula is C15H17FN2O3. The van der Waals surface area contributed by atoms with Crippen molar-refractivity contribution in [2.75, 3.05) is 0 Å².